The molecule has 3 rings (SSSR count). The zero-order chi connectivity index (χ0) is 15.4. The number of nitrogens with one attached hydrogen (secondary N) is 2. The Kier molecular flexibility index (Phi) is 3.61. The van der Waals surface area contributed by atoms with Gasteiger partial charge in [-0.3, -0.25) is 0 Å². The number of aromatic nitrogens is 6. The molecule has 0 amide bonds. The number of rotatable bonds is 4. The second-order valence-electron chi connectivity index (χ2n) is 4.52. The van der Waals surface area contributed by atoms with Crippen LogP contribution in [0, 0.1) is 18.3 Å². The van der Waals surface area contributed by atoms with Crippen LogP contribution in [0.4, 0.5) is 5.69 Å². The molecule has 1 aromatic carbocycles. The highest BCUT2D eigenvalue weighted by Crippen LogP contribution is 2.15. The van der Waals surface area contributed by atoms with Gasteiger partial charge in [-0.1, -0.05) is 0 Å². The van der Waals surface area contributed by atoms with Crippen molar-refractivity contribution in [3.05, 3.63) is 54.5 Å². The smallest absolute Gasteiger partial charge is 0.216 e. The lowest BCUT2D eigenvalue weighted by Gasteiger charge is -2.04. The SMILES string of the molecule is Cc1cn(-c2ccc(NC=C(C#N)c3nn[nH]n3)cc2)cn1. The standard InChI is InChI=1S/C14H12N8/c1-10-8-22(9-17-10)13-4-2-12(3-5-13)16-7-11(6-15)14-18-20-21-19-14/h2-5,7-9,16H,1H3,(H,18,19,20,21). The molecule has 8 nitrogen and oxygen atoms in total. The molecule has 0 spiro atoms. The number of imidazole rings is 1. The Bertz CT molecular complexity index is 821. The van der Waals surface area contributed by atoms with E-state index in [0.29, 0.717) is 5.57 Å². The number of nitrogens with zero attached hydrogens (tertiary/aromatic N) is 6. The van der Waals surface area contributed by atoms with E-state index in [0.717, 1.165) is 17.1 Å². The van der Waals surface area contributed by atoms with Gasteiger partial charge in [-0.2, -0.15) is 10.5 Å². The summed E-state index contributed by atoms with van der Waals surface area (Å²) in [5.74, 6) is 0.250. The molecular formula is C14H12N8. The molecule has 0 bridgehead atoms. The van der Waals surface area contributed by atoms with Crippen molar-refractivity contribution in [1.82, 2.24) is 30.2 Å². The molecule has 0 saturated heterocycles. The third kappa shape index (κ3) is 2.83. The lowest BCUT2D eigenvalue weighted by atomic mass is 10.2. The van der Waals surface area contributed by atoms with Crippen LogP contribution in [0.1, 0.15) is 11.5 Å². The number of tetrazole rings is 1. The van der Waals surface area contributed by atoms with Crippen LogP contribution in [0.5, 0.6) is 0 Å². The molecule has 8 heteroatoms. The van der Waals surface area contributed by atoms with E-state index in [1.807, 2.05) is 48.0 Å². The second kappa shape index (κ2) is 5.88. The van der Waals surface area contributed by atoms with Crippen molar-refractivity contribution in [1.29, 1.82) is 5.26 Å². The molecule has 0 aliphatic rings. The number of H-pyrrole nitrogens is 1. The average Bonchev–Trinajstić information content (AvgIpc) is 3.20. The summed E-state index contributed by atoms with van der Waals surface area (Å²) in [5, 5.41) is 25.4. The quantitative estimate of drug-likeness (QED) is 0.708. The number of nitriles is 1. The van der Waals surface area contributed by atoms with E-state index in [2.05, 4.69) is 30.9 Å². The van der Waals surface area contributed by atoms with Crippen molar-refractivity contribution in [2.45, 2.75) is 6.92 Å². The van der Waals surface area contributed by atoms with Gasteiger partial charge < -0.3 is 9.88 Å². The van der Waals surface area contributed by atoms with Crippen molar-refractivity contribution >= 4 is 11.3 Å². The molecule has 0 radical (unpaired) electrons. The highest BCUT2D eigenvalue weighted by molar-refractivity contribution is 5.74. The maximum Gasteiger partial charge on any atom is 0.216 e. The summed E-state index contributed by atoms with van der Waals surface area (Å²) < 4.78 is 1.94. The van der Waals surface area contributed by atoms with E-state index < -0.39 is 0 Å². The van der Waals surface area contributed by atoms with Crippen molar-refractivity contribution in [3.63, 3.8) is 0 Å². The molecule has 2 heterocycles. The normalized spacial score (nSPS) is 11.2. The molecule has 2 N–H and O–H groups in total. The van der Waals surface area contributed by atoms with Gasteiger partial charge in [-0.05, 0) is 36.4 Å². The van der Waals surface area contributed by atoms with Gasteiger partial charge in [0.15, 0.2) is 0 Å². The average molecular weight is 292 g/mol. The fraction of sp³-hybridized carbons (Fsp3) is 0.0714. The monoisotopic (exact) mass is 292 g/mol. The Labute approximate surface area is 126 Å². The van der Waals surface area contributed by atoms with Crippen molar-refractivity contribution in [2.24, 2.45) is 0 Å². The molecule has 0 aliphatic carbocycles. The summed E-state index contributed by atoms with van der Waals surface area (Å²) in [6.07, 6.45) is 5.26. The number of hydrogen-bond donors (Lipinski definition) is 2. The number of allylic oxidation sites excluding steroid dienone is 1. The van der Waals surface area contributed by atoms with Gasteiger partial charge in [0.1, 0.15) is 11.6 Å². The summed E-state index contributed by atoms with van der Waals surface area (Å²) in [6, 6.07) is 9.75. The molecule has 0 aliphatic heterocycles. The summed E-state index contributed by atoms with van der Waals surface area (Å²) in [6.45, 7) is 1.94. The first-order valence-corrected chi connectivity index (χ1v) is 6.48. The van der Waals surface area contributed by atoms with Crippen molar-refractivity contribution in [2.75, 3.05) is 5.32 Å². The van der Waals surface area contributed by atoms with E-state index in [4.69, 9.17) is 5.26 Å². The Hall–Kier alpha value is -3.47. The largest absolute Gasteiger partial charge is 0.360 e. The Morgan fingerprint density at radius 1 is 1.36 bits per heavy atom. The lowest BCUT2D eigenvalue weighted by Crippen LogP contribution is -1.94. The van der Waals surface area contributed by atoms with E-state index in [1.54, 1.807) is 12.5 Å². The van der Waals surface area contributed by atoms with Gasteiger partial charge in [-0.15, -0.1) is 10.2 Å². The minimum atomic E-state index is 0.250. The number of anilines is 1. The molecular weight excluding hydrogens is 280 g/mol. The summed E-state index contributed by atoms with van der Waals surface area (Å²) in [7, 11) is 0. The van der Waals surface area contributed by atoms with Crippen LogP contribution in [0.25, 0.3) is 11.3 Å². The third-order valence-electron chi connectivity index (χ3n) is 2.97. The first kappa shape index (κ1) is 13.5. The Balaban J connectivity index is 1.75. The number of aryl methyl sites for hydroxylation is 1. The van der Waals surface area contributed by atoms with Crippen LogP contribution in [-0.2, 0) is 0 Å². The van der Waals surface area contributed by atoms with Gasteiger partial charge in [0.2, 0.25) is 5.82 Å². The summed E-state index contributed by atoms with van der Waals surface area (Å²) in [5.41, 5.74) is 3.11. The van der Waals surface area contributed by atoms with Crippen LogP contribution < -0.4 is 5.32 Å². The first-order chi connectivity index (χ1) is 10.8. The molecule has 22 heavy (non-hydrogen) atoms. The molecule has 0 atom stereocenters. The first-order valence-electron chi connectivity index (χ1n) is 6.48. The third-order valence-corrected chi connectivity index (χ3v) is 2.97. The number of hydrogen-bond acceptors (Lipinski definition) is 6. The maximum absolute atomic E-state index is 9.08. The maximum atomic E-state index is 9.08. The fourth-order valence-electron chi connectivity index (χ4n) is 1.87. The lowest BCUT2D eigenvalue weighted by molar-refractivity contribution is 0.881. The van der Waals surface area contributed by atoms with E-state index in [9.17, 15) is 0 Å². The molecule has 3 aromatic rings. The minimum absolute atomic E-state index is 0.250. The van der Waals surface area contributed by atoms with Gasteiger partial charge in [0.25, 0.3) is 0 Å². The zero-order valence-electron chi connectivity index (χ0n) is 11.7. The highest BCUT2D eigenvalue weighted by atomic mass is 15.5. The summed E-state index contributed by atoms with van der Waals surface area (Å²) in [4.78, 5) is 4.19. The van der Waals surface area contributed by atoms with E-state index in [1.165, 1.54) is 0 Å². The molecule has 108 valence electrons. The predicted octanol–water partition coefficient (Wildman–Crippen LogP) is 1.67. The van der Waals surface area contributed by atoms with Crippen LogP contribution >= 0.6 is 0 Å². The van der Waals surface area contributed by atoms with Crippen LogP contribution in [0.3, 0.4) is 0 Å². The van der Waals surface area contributed by atoms with Crippen molar-refractivity contribution in [3.8, 4) is 11.8 Å². The Morgan fingerprint density at radius 3 is 2.77 bits per heavy atom. The van der Waals surface area contributed by atoms with E-state index in [-0.39, 0.29) is 5.82 Å². The molecule has 2 aromatic heterocycles. The van der Waals surface area contributed by atoms with Crippen molar-refractivity contribution < 1.29 is 0 Å². The van der Waals surface area contributed by atoms with Crippen LogP contribution in [-0.4, -0.2) is 30.2 Å². The summed E-state index contributed by atoms with van der Waals surface area (Å²) >= 11 is 0. The van der Waals surface area contributed by atoms with Crippen LogP contribution in [0.15, 0.2) is 43.0 Å². The molecule has 0 fully saturated rings. The number of aromatic amines is 1. The fourth-order valence-corrected chi connectivity index (χ4v) is 1.87. The second-order valence-corrected chi connectivity index (χ2v) is 4.52. The highest BCUT2D eigenvalue weighted by Gasteiger charge is 2.05. The molecule has 0 unspecified atom stereocenters. The van der Waals surface area contributed by atoms with Gasteiger partial charge in [-0.25, -0.2) is 4.98 Å². The topological polar surface area (TPSA) is 108 Å². The Morgan fingerprint density at radius 2 is 2.18 bits per heavy atom. The van der Waals surface area contributed by atoms with Gasteiger partial charge in [0, 0.05) is 23.8 Å². The number of benzene rings is 1. The zero-order valence-corrected chi connectivity index (χ0v) is 11.7. The predicted molar refractivity (Wildman–Crippen MR) is 79.7 cm³/mol. The molecule has 0 saturated carbocycles. The minimum Gasteiger partial charge on any atom is -0.360 e. The van der Waals surface area contributed by atoms with Crippen LogP contribution in [0.2, 0.25) is 0 Å². The van der Waals surface area contributed by atoms with E-state index >= 15 is 0 Å². The van der Waals surface area contributed by atoms with Gasteiger partial charge >= 0.3 is 0 Å². The van der Waals surface area contributed by atoms with Gasteiger partial charge in [0.05, 0.1) is 12.0 Å².